The zero-order valence-corrected chi connectivity index (χ0v) is 11.6. The molecule has 0 saturated carbocycles. The van der Waals surface area contributed by atoms with Crippen molar-refractivity contribution < 1.29 is 9.50 Å². The highest BCUT2D eigenvalue weighted by atomic mass is 32.2. The standard InChI is InChI=1S/C14H15FN2OS/c1-9-11(10(2)18)7-16-14(17-9)8-19-13-6-4-3-5-12(13)15/h3-7,10,18H,8H2,1-2H3/t10-/m0/s1. The van der Waals surface area contributed by atoms with Crippen molar-refractivity contribution in [1.82, 2.24) is 9.97 Å². The van der Waals surface area contributed by atoms with Crippen LogP contribution in [0.3, 0.4) is 0 Å². The Balaban J connectivity index is 2.08. The third-order valence-corrected chi connectivity index (χ3v) is 3.76. The molecule has 0 saturated heterocycles. The highest BCUT2D eigenvalue weighted by Gasteiger charge is 2.09. The van der Waals surface area contributed by atoms with Crippen molar-refractivity contribution in [3.63, 3.8) is 0 Å². The maximum Gasteiger partial charge on any atom is 0.138 e. The number of rotatable bonds is 4. The number of nitrogens with zero attached hydrogens (tertiary/aromatic N) is 2. The topological polar surface area (TPSA) is 46.0 Å². The molecule has 19 heavy (non-hydrogen) atoms. The van der Waals surface area contributed by atoms with Crippen LogP contribution in [0, 0.1) is 12.7 Å². The number of benzene rings is 1. The maximum absolute atomic E-state index is 13.4. The zero-order valence-electron chi connectivity index (χ0n) is 10.8. The number of halogens is 1. The molecule has 0 fully saturated rings. The molecular formula is C14H15FN2OS. The van der Waals surface area contributed by atoms with E-state index < -0.39 is 6.10 Å². The van der Waals surface area contributed by atoms with Crippen molar-refractivity contribution in [2.75, 3.05) is 0 Å². The van der Waals surface area contributed by atoms with Gasteiger partial charge in [0.05, 0.1) is 11.9 Å². The van der Waals surface area contributed by atoms with Crippen LogP contribution in [0.15, 0.2) is 35.4 Å². The van der Waals surface area contributed by atoms with Gasteiger partial charge in [-0.05, 0) is 26.0 Å². The fourth-order valence-electron chi connectivity index (χ4n) is 1.71. The van der Waals surface area contributed by atoms with Crippen LogP contribution < -0.4 is 0 Å². The number of aryl methyl sites for hydroxylation is 1. The number of aromatic nitrogens is 2. The lowest BCUT2D eigenvalue weighted by atomic mass is 10.1. The summed E-state index contributed by atoms with van der Waals surface area (Å²) >= 11 is 1.36. The predicted molar refractivity (Wildman–Crippen MR) is 73.4 cm³/mol. The Morgan fingerprint density at radius 2 is 2.11 bits per heavy atom. The average Bonchev–Trinajstić information content (AvgIpc) is 2.37. The molecule has 1 atom stereocenters. The lowest BCUT2D eigenvalue weighted by Gasteiger charge is -2.09. The number of aliphatic hydroxyl groups is 1. The number of hydrogen-bond acceptors (Lipinski definition) is 4. The monoisotopic (exact) mass is 278 g/mol. The summed E-state index contributed by atoms with van der Waals surface area (Å²) in [5, 5.41) is 9.50. The smallest absolute Gasteiger partial charge is 0.138 e. The van der Waals surface area contributed by atoms with Crippen molar-refractivity contribution >= 4 is 11.8 Å². The Labute approximate surface area is 115 Å². The number of thioether (sulfide) groups is 1. The minimum atomic E-state index is -0.576. The molecular weight excluding hydrogens is 263 g/mol. The third-order valence-electron chi connectivity index (χ3n) is 2.71. The van der Waals surface area contributed by atoms with Gasteiger partial charge in [-0.25, -0.2) is 14.4 Å². The van der Waals surface area contributed by atoms with Crippen LogP contribution in [0.25, 0.3) is 0 Å². The average molecular weight is 278 g/mol. The molecule has 1 aromatic heterocycles. The van der Waals surface area contributed by atoms with E-state index in [-0.39, 0.29) is 5.82 Å². The molecule has 1 aromatic carbocycles. The van der Waals surface area contributed by atoms with Crippen LogP contribution in [0.2, 0.25) is 0 Å². The Morgan fingerprint density at radius 3 is 2.74 bits per heavy atom. The SMILES string of the molecule is Cc1nc(CSc2ccccc2F)ncc1[C@H](C)O. The molecule has 100 valence electrons. The highest BCUT2D eigenvalue weighted by Crippen LogP contribution is 2.24. The molecule has 0 spiro atoms. The molecule has 0 aliphatic carbocycles. The second-order valence-electron chi connectivity index (χ2n) is 4.22. The fraction of sp³-hybridized carbons (Fsp3) is 0.286. The molecule has 0 bridgehead atoms. The summed E-state index contributed by atoms with van der Waals surface area (Å²) in [6, 6.07) is 6.63. The molecule has 1 N–H and O–H groups in total. The minimum absolute atomic E-state index is 0.232. The molecule has 0 aliphatic heterocycles. The van der Waals surface area contributed by atoms with Gasteiger partial charge in [-0.2, -0.15) is 0 Å². The van der Waals surface area contributed by atoms with Gasteiger partial charge in [0.2, 0.25) is 0 Å². The van der Waals surface area contributed by atoms with Gasteiger partial charge in [0.15, 0.2) is 0 Å². The molecule has 0 radical (unpaired) electrons. The van der Waals surface area contributed by atoms with Crippen LogP contribution in [0.4, 0.5) is 4.39 Å². The Kier molecular flexibility index (Phi) is 4.50. The first-order valence-electron chi connectivity index (χ1n) is 5.95. The van der Waals surface area contributed by atoms with Crippen LogP contribution >= 0.6 is 11.8 Å². The van der Waals surface area contributed by atoms with E-state index in [4.69, 9.17) is 0 Å². The van der Waals surface area contributed by atoms with Crippen molar-refractivity contribution in [2.45, 2.75) is 30.6 Å². The van der Waals surface area contributed by atoms with Crippen LogP contribution in [0.5, 0.6) is 0 Å². The van der Waals surface area contributed by atoms with Crippen LogP contribution in [-0.2, 0) is 5.75 Å². The Morgan fingerprint density at radius 1 is 1.37 bits per heavy atom. The first kappa shape index (κ1) is 14.0. The van der Waals surface area contributed by atoms with Gasteiger partial charge in [-0.3, -0.25) is 0 Å². The zero-order chi connectivity index (χ0) is 13.8. The van der Waals surface area contributed by atoms with Gasteiger partial charge in [0.1, 0.15) is 11.6 Å². The second-order valence-corrected chi connectivity index (χ2v) is 5.24. The van der Waals surface area contributed by atoms with E-state index in [1.54, 1.807) is 31.3 Å². The second kappa shape index (κ2) is 6.12. The minimum Gasteiger partial charge on any atom is -0.389 e. The van der Waals surface area contributed by atoms with Crippen molar-refractivity contribution in [3.05, 3.63) is 53.4 Å². The molecule has 2 rings (SSSR count). The summed E-state index contributed by atoms with van der Waals surface area (Å²) in [7, 11) is 0. The summed E-state index contributed by atoms with van der Waals surface area (Å²) < 4.78 is 13.4. The number of aliphatic hydroxyl groups excluding tert-OH is 1. The molecule has 1 heterocycles. The van der Waals surface area contributed by atoms with E-state index in [1.807, 2.05) is 6.92 Å². The first-order chi connectivity index (χ1) is 9.08. The predicted octanol–water partition coefficient (Wildman–Crippen LogP) is 3.27. The van der Waals surface area contributed by atoms with Crippen molar-refractivity contribution in [1.29, 1.82) is 0 Å². The molecule has 3 nitrogen and oxygen atoms in total. The van der Waals surface area contributed by atoms with E-state index in [2.05, 4.69) is 9.97 Å². The first-order valence-corrected chi connectivity index (χ1v) is 6.94. The summed E-state index contributed by atoms with van der Waals surface area (Å²) in [5.41, 5.74) is 1.48. The molecule has 0 aliphatic rings. The third kappa shape index (κ3) is 3.52. The quantitative estimate of drug-likeness (QED) is 0.872. The summed E-state index contributed by atoms with van der Waals surface area (Å²) in [5.74, 6) is 0.905. The van der Waals surface area contributed by atoms with Crippen molar-refractivity contribution in [2.24, 2.45) is 0 Å². The van der Waals surface area contributed by atoms with E-state index in [9.17, 15) is 9.50 Å². The van der Waals surface area contributed by atoms with Gasteiger partial charge in [0.25, 0.3) is 0 Å². The molecule has 2 aromatic rings. The largest absolute Gasteiger partial charge is 0.389 e. The van der Waals surface area contributed by atoms with Crippen molar-refractivity contribution in [3.8, 4) is 0 Å². The van der Waals surface area contributed by atoms with E-state index in [0.29, 0.717) is 16.5 Å². The van der Waals surface area contributed by atoms with Crippen LogP contribution in [0.1, 0.15) is 30.1 Å². The highest BCUT2D eigenvalue weighted by molar-refractivity contribution is 7.98. The van der Waals surface area contributed by atoms with Gasteiger partial charge in [-0.15, -0.1) is 11.8 Å². The summed E-state index contributed by atoms with van der Waals surface area (Å²) in [6.45, 7) is 3.51. The fourth-order valence-corrected chi connectivity index (χ4v) is 2.51. The summed E-state index contributed by atoms with van der Waals surface area (Å²) in [6.07, 6.45) is 1.05. The van der Waals surface area contributed by atoms with Gasteiger partial charge in [-0.1, -0.05) is 12.1 Å². The van der Waals surface area contributed by atoms with Gasteiger partial charge >= 0.3 is 0 Å². The van der Waals surface area contributed by atoms with E-state index >= 15 is 0 Å². The van der Waals surface area contributed by atoms with Gasteiger partial charge in [0, 0.05) is 22.3 Å². The lowest BCUT2D eigenvalue weighted by molar-refractivity contribution is 0.197. The van der Waals surface area contributed by atoms with E-state index in [1.165, 1.54) is 17.8 Å². The van der Waals surface area contributed by atoms with Gasteiger partial charge < -0.3 is 5.11 Å². The molecule has 5 heteroatoms. The normalized spacial score (nSPS) is 12.4. The maximum atomic E-state index is 13.4. The Hall–Kier alpha value is -1.46. The molecule has 0 amide bonds. The molecule has 0 unspecified atom stereocenters. The lowest BCUT2D eigenvalue weighted by Crippen LogP contribution is -2.02. The Bertz CT molecular complexity index is 575. The summed E-state index contributed by atoms with van der Waals surface area (Å²) in [4.78, 5) is 9.10. The number of hydrogen-bond donors (Lipinski definition) is 1. The van der Waals surface area contributed by atoms with E-state index in [0.717, 1.165) is 11.3 Å². The van der Waals surface area contributed by atoms with Crippen LogP contribution in [-0.4, -0.2) is 15.1 Å².